The van der Waals surface area contributed by atoms with Gasteiger partial charge in [-0.05, 0) is 80.6 Å². The van der Waals surface area contributed by atoms with Gasteiger partial charge in [-0.2, -0.15) is 0 Å². The molecular weight excluding hydrogens is 474 g/mol. The monoisotopic (exact) mass is 519 g/mol. The van der Waals surface area contributed by atoms with Crippen LogP contribution in [0.5, 0.6) is 0 Å². The molecule has 4 fully saturated rings. The smallest absolute Gasteiger partial charge is 0.171 e. The molecule has 5 aliphatic rings. The number of hydrogen-bond acceptors (Lipinski definition) is 5. The van der Waals surface area contributed by atoms with Crippen molar-refractivity contribution in [2.24, 2.45) is 28.4 Å². The van der Waals surface area contributed by atoms with Crippen LogP contribution in [0.4, 0.5) is 0 Å². The van der Waals surface area contributed by atoms with Gasteiger partial charge in [0.25, 0.3) is 0 Å². The molecule has 3 saturated carbocycles. The predicted molar refractivity (Wildman–Crippen MR) is 148 cm³/mol. The molecule has 6 rings (SSSR count). The Morgan fingerprint density at radius 3 is 2.37 bits per heavy atom. The summed E-state index contributed by atoms with van der Waals surface area (Å²) in [5, 5.41) is 23.9. The van der Waals surface area contributed by atoms with E-state index in [2.05, 4.69) is 63.8 Å². The SMILES string of the molecule is CC1(C)COC2(CCC3=C4C(CCC3(O)C2)C2CCC(C)(O)[C@@]2(C)C[C@@H]4c2ccc(C#CCN)cc2)OC1. The number of hydrogen-bond donors (Lipinski definition) is 3. The van der Waals surface area contributed by atoms with Gasteiger partial charge in [-0.1, -0.05) is 50.3 Å². The fraction of sp³-hybridized carbons (Fsp3) is 0.697. The van der Waals surface area contributed by atoms with Gasteiger partial charge in [0.05, 0.1) is 31.0 Å². The minimum Gasteiger partial charge on any atom is -0.390 e. The van der Waals surface area contributed by atoms with Gasteiger partial charge in [-0.3, -0.25) is 0 Å². The average molecular weight is 520 g/mol. The van der Waals surface area contributed by atoms with Crippen molar-refractivity contribution in [2.75, 3.05) is 19.8 Å². The highest BCUT2D eigenvalue weighted by Gasteiger charge is 2.63. The third-order valence-corrected chi connectivity index (χ3v) is 11.1. The Morgan fingerprint density at radius 1 is 0.974 bits per heavy atom. The van der Waals surface area contributed by atoms with Gasteiger partial charge in [-0.15, -0.1) is 0 Å². The standard InChI is InChI=1S/C33H45NO4/c1-29(2)20-37-33(38-21-29)16-13-27-28-24(11-15-32(27,36)19-33)26-12-14-31(4,35)30(26,3)18-25(28)23-9-7-22(8-10-23)6-5-17-34/h7-10,24-26,35-36H,11-21,34H2,1-4H3/t24?,25-,26?,30+,31?,32?/m1/s1. The maximum Gasteiger partial charge on any atom is 0.171 e. The average Bonchev–Trinajstić information content (AvgIpc) is 3.12. The summed E-state index contributed by atoms with van der Waals surface area (Å²) in [6, 6.07) is 8.60. The summed E-state index contributed by atoms with van der Waals surface area (Å²) in [7, 11) is 0. The van der Waals surface area contributed by atoms with Gasteiger partial charge in [0.2, 0.25) is 0 Å². The highest BCUT2D eigenvalue weighted by Crippen LogP contribution is 2.67. The molecule has 4 aliphatic carbocycles. The Balaban J connectivity index is 1.41. The van der Waals surface area contributed by atoms with E-state index in [1.807, 2.05) is 0 Å². The first-order valence-corrected chi connectivity index (χ1v) is 14.7. The molecule has 38 heavy (non-hydrogen) atoms. The molecular formula is C33H45NO4. The summed E-state index contributed by atoms with van der Waals surface area (Å²) in [6.07, 6.45) is 6.59. The second-order valence-electron chi connectivity index (χ2n) is 14.2. The van der Waals surface area contributed by atoms with Gasteiger partial charge in [-0.25, -0.2) is 0 Å². The van der Waals surface area contributed by atoms with Gasteiger partial charge >= 0.3 is 0 Å². The van der Waals surface area contributed by atoms with Crippen LogP contribution in [0.2, 0.25) is 0 Å². The lowest BCUT2D eigenvalue weighted by Crippen LogP contribution is -2.58. The first-order chi connectivity index (χ1) is 17.9. The van der Waals surface area contributed by atoms with Crippen molar-refractivity contribution in [1.82, 2.24) is 0 Å². The van der Waals surface area contributed by atoms with E-state index < -0.39 is 17.0 Å². The topological polar surface area (TPSA) is 84.9 Å². The van der Waals surface area contributed by atoms with Gasteiger partial charge < -0.3 is 25.4 Å². The Labute approximate surface area is 228 Å². The van der Waals surface area contributed by atoms with Gasteiger partial charge in [0.1, 0.15) is 0 Å². The van der Waals surface area contributed by atoms with Crippen LogP contribution in [0, 0.1) is 34.5 Å². The molecule has 5 heteroatoms. The van der Waals surface area contributed by atoms with E-state index in [9.17, 15) is 10.2 Å². The Bertz CT molecular complexity index is 1180. The van der Waals surface area contributed by atoms with E-state index in [1.165, 1.54) is 16.7 Å². The largest absolute Gasteiger partial charge is 0.390 e. The minimum atomic E-state index is -0.898. The molecule has 0 radical (unpaired) electrons. The molecule has 0 amide bonds. The van der Waals surface area contributed by atoms with E-state index in [1.54, 1.807) is 0 Å². The third-order valence-electron chi connectivity index (χ3n) is 11.1. The number of rotatable bonds is 1. The molecule has 6 atom stereocenters. The zero-order valence-corrected chi connectivity index (χ0v) is 23.6. The lowest BCUT2D eigenvalue weighted by atomic mass is 9.50. The Hall–Kier alpha value is -1.68. The van der Waals surface area contributed by atoms with Crippen LogP contribution in [-0.4, -0.2) is 47.0 Å². The summed E-state index contributed by atoms with van der Waals surface area (Å²) in [4.78, 5) is 0. The fourth-order valence-corrected chi connectivity index (χ4v) is 8.72. The summed E-state index contributed by atoms with van der Waals surface area (Å²) >= 11 is 0. The van der Waals surface area contributed by atoms with E-state index in [-0.39, 0.29) is 16.7 Å². The predicted octanol–water partition coefficient (Wildman–Crippen LogP) is 5.04. The normalized spacial score (nSPS) is 41.1. The molecule has 4 unspecified atom stereocenters. The lowest BCUT2D eigenvalue weighted by molar-refractivity contribution is -0.322. The molecule has 1 aromatic rings. The van der Waals surface area contributed by atoms with Gasteiger partial charge in [0, 0.05) is 35.2 Å². The molecule has 1 saturated heterocycles. The fourth-order valence-electron chi connectivity index (χ4n) is 8.72. The maximum atomic E-state index is 12.3. The Kier molecular flexibility index (Phi) is 6.22. The highest BCUT2D eigenvalue weighted by atomic mass is 16.7. The van der Waals surface area contributed by atoms with Crippen molar-refractivity contribution in [3.8, 4) is 11.8 Å². The third kappa shape index (κ3) is 4.11. The van der Waals surface area contributed by atoms with Crippen LogP contribution in [-0.2, 0) is 9.47 Å². The van der Waals surface area contributed by atoms with Crippen LogP contribution in [0.1, 0.15) is 96.1 Å². The molecule has 0 aromatic heterocycles. The van der Waals surface area contributed by atoms with Crippen molar-refractivity contribution in [3.05, 3.63) is 46.5 Å². The Morgan fingerprint density at radius 2 is 1.68 bits per heavy atom. The van der Waals surface area contributed by atoms with Crippen LogP contribution < -0.4 is 5.73 Å². The first kappa shape index (κ1) is 26.5. The summed E-state index contributed by atoms with van der Waals surface area (Å²) in [6.45, 7) is 10.4. The summed E-state index contributed by atoms with van der Waals surface area (Å²) in [5.41, 5.74) is 8.76. The van der Waals surface area contributed by atoms with E-state index in [0.29, 0.717) is 38.0 Å². The van der Waals surface area contributed by atoms with Crippen molar-refractivity contribution in [2.45, 2.75) is 102 Å². The molecule has 206 valence electrons. The first-order valence-electron chi connectivity index (χ1n) is 14.7. The minimum absolute atomic E-state index is 0.00328. The molecule has 5 nitrogen and oxygen atoms in total. The van der Waals surface area contributed by atoms with Crippen molar-refractivity contribution in [3.63, 3.8) is 0 Å². The van der Waals surface area contributed by atoms with Crippen molar-refractivity contribution in [1.29, 1.82) is 0 Å². The van der Waals surface area contributed by atoms with Crippen molar-refractivity contribution >= 4 is 0 Å². The molecule has 4 N–H and O–H groups in total. The number of fused-ring (bicyclic) bond motifs is 4. The van der Waals surface area contributed by atoms with Crippen LogP contribution >= 0.6 is 0 Å². The number of benzene rings is 1. The molecule has 1 aromatic carbocycles. The van der Waals surface area contributed by atoms with E-state index >= 15 is 0 Å². The van der Waals surface area contributed by atoms with Crippen LogP contribution in [0.15, 0.2) is 35.4 Å². The molecule has 1 heterocycles. The zero-order chi connectivity index (χ0) is 27.0. The second-order valence-corrected chi connectivity index (χ2v) is 14.2. The quantitative estimate of drug-likeness (QED) is 0.358. The number of nitrogens with two attached hydrogens (primary N) is 1. The van der Waals surface area contributed by atoms with E-state index in [4.69, 9.17) is 15.2 Å². The maximum absolute atomic E-state index is 12.3. The molecule has 0 bridgehead atoms. The number of ether oxygens (including phenoxy) is 2. The lowest BCUT2D eigenvalue weighted by Gasteiger charge is -2.58. The number of allylic oxidation sites excluding steroid dienone is 1. The molecule has 1 aliphatic heterocycles. The highest BCUT2D eigenvalue weighted by molar-refractivity contribution is 5.46. The van der Waals surface area contributed by atoms with Crippen LogP contribution in [0.25, 0.3) is 0 Å². The van der Waals surface area contributed by atoms with E-state index in [0.717, 1.165) is 50.5 Å². The van der Waals surface area contributed by atoms with Crippen molar-refractivity contribution < 1.29 is 19.7 Å². The summed E-state index contributed by atoms with van der Waals surface area (Å²) in [5.74, 6) is 6.41. The molecule has 1 spiro atoms. The second kappa shape index (κ2) is 8.91. The zero-order valence-electron chi connectivity index (χ0n) is 23.6. The van der Waals surface area contributed by atoms with Gasteiger partial charge in [0.15, 0.2) is 5.79 Å². The summed E-state index contributed by atoms with van der Waals surface area (Å²) < 4.78 is 12.8. The number of aliphatic hydroxyl groups is 2. The van der Waals surface area contributed by atoms with Crippen LogP contribution in [0.3, 0.4) is 0 Å².